The molecular weight excluding hydrogens is 670 g/mol. The van der Waals surface area contributed by atoms with Crippen molar-refractivity contribution in [1.29, 1.82) is 0 Å². The minimum atomic E-state index is -1.54. The van der Waals surface area contributed by atoms with Gasteiger partial charge in [-0.3, -0.25) is 4.79 Å². The Morgan fingerprint density at radius 2 is 1.80 bits per heavy atom. The summed E-state index contributed by atoms with van der Waals surface area (Å²) in [5.74, 6) is -2.38. The van der Waals surface area contributed by atoms with Crippen LogP contribution in [0.2, 0.25) is 0 Å². The van der Waals surface area contributed by atoms with Crippen LogP contribution in [-0.4, -0.2) is 80.0 Å². The van der Waals surface area contributed by atoms with Gasteiger partial charge in [-0.15, -0.1) is 0 Å². The van der Waals surface area contributed by atoms with Gasteiger partial charge in [-0.05, 0) is 51.0 Å². The van der Waals surface area contributed by atoms with E-state index in [-0.39, 0.29) is 55.3 Å². The lowest BCUT2D eigenvalue weighted by molar-refractivity contribution is -0.158. The molecule has 0 aliphatic carbocycles. The fourth-order valence-electron chi connectivity index (χ4n) is 5.32. The summed E-state index contributed by atoms with van der Waals surface area (Å²) >= 11 is 22.5. The standard InChI is InChI=1S/C32H46Cl4O9/c1-7-22(44-31(40)29(35)36)20(5)27-23(43-27)15-17(2)9-8-10-18(3)26-19(4)11-12-24(37)32(6,41)14-13-21(16-25(38)45-26)42-30(39)28(33)34/h8-12,17,19-24,26-29,37,41H,7,13-16H2,1-6H3/b9-8+,12-11+,18-10+/t17-,19+,20-,21-,22+,23+,24+,26-,27-,32-/m1/s1. The Bertz CT molecular complexity index is 1090. The van der Waals surface area contributed by atoms with E-state index in [0.717, 1.165) is 12.0 Å². The highest BCUT2D eigenvalue weighted by Crippen LogP contribution is 2.37. The van der Waals surface area contributed by atoms with Gasteiger partial charge in [0.05, 0.1) is 24.2 Å². The zero-order valence-corrected chi connectivity index (χ0v) is 29.6. The maximum Gasteiger partial charge on any atom is 0.339 e. The van der Waals surface area contributed by atoms with Crippen molar-refractivity contribution in [3.63, 3.8) is 0 Å². The fraction of sp³-hybridized carbons (Fsp3) is 0.719. The Kier molecular flexibility index (Phi) is 16.2. The number of halogens is 4. The van der Waals surface area contributed by atoms with E-state index < -0.39 is 51.5 Å². The Morgan fingerprint density at radius 3 is 2.40 bits per heavy atom. The summed E-state index contributed by atoms with van der Waals surface area (Å²) in [4.78, 5) is 34.2. The molecule has 2 N–H and O–H groups in total. The molecule has 0 aromatic heterocycles. The molecule has 1 saturated heterocycles. The molecule has 13 heteroatoms. The fourth-order valence-corrected chi connectivity index (χ4v) is 5.52. The average Bonchev–Trinajstić information content (AvgIpc) is 3.73. The minimum Gasteiger partial charge on any atom is -0.460 e. The van der Waals surface area contributed by atoms with E-state index in [4.69, 9.17) is 65.4 Å². The van der Waals surface area contributed by atoms with Crippen molar-refractivity contribution in [3.8, 4) is 0 Å². The summed E-state index contributed by atoms with van der Waals surface area (Å²) in [6.07, 6.45) is 6.96. The van der Waals surface area contributed by atoms with Crippen LogP contribution in [0.1, 0.15) is 73.6 Å². The highest BCUT2D eigenvalue weighted by Gasteiger charge is 2.46. The molecule has 10 atom stereocenters. The second-order valence-electron chi connectivity index (χ2n) is 12.2. The maximum absolute atomic E-state index is 13.0. The lowest BCUT2D eigenvalue weighted by Gasteiger charge is -2.31. The van der Waals surface area contributed by atoms with E-state index in [9.17, 15) is 24.6 Å². The topological polar surface area (TPSA) is 132 Å². The number of hydrogen-bond acceptors (Lipinski definition) is 9. The smallest absolute Gasteiger partial charge is 0.339 e. The third-order valence-electron chi connectivity index (χ3n) is 8.22. The number of rotatable bonds is 12. The van der Waals surface area contributed by atoms with Crippen LogP contribution in [0.3, 0.4) is 0 Å². The number of hydrogen-bond donors (Lipinski definition) is 2. The van der Waals surface area contributed by atoms with Gasteiger partial charge in [-0.25, -0.2) is 9.59 Å². The monoisotopic (exact) mass is 714 g/mol. The van der Waals surface area contributed by atoms with Crippen LogP contribution < -0.4 is 0 Å². The average molecular weight is 717 g/mol. The Labute approximate surface area is 286 Å². The normalized spacial score (nSPS) is 32.7. The van der Waals surface area contributed by atoms with Gasteiger partial charge in [0, 0.05) is 11.8 Å². The van der Waals surface area contributed by atoms with Crippen LogP contribution >= 0.6 is 46.4 Å². The number of epoxide rings is 1. The molecule has 45 heavy (non-hydrogen) atoms. The maximum atomic E-state index is 13.0. The zero-order chi connectivity index (χ0) is 34.1. The molecule has 0 bridgehead atoms. The van der Waals surface area contributed by atoms with Crippen molar-refractivity contribution in [1.82, 2.24) is 0 Å². The molecule has 2 aliphatic heterocycles. The molecule has 9 nitrogen and oxygen atoms in total. The lowest BCUT2D eigenvalue weighted by Crippen LogP contribution is -2.40. The first kappa shape index (κ1) is 39.8. The number of allylic oxidation sites excluding steroid dienone is 3. The number of cyclic esters (lactones) is 1. The molecule has 0 spiro atoms. The van der Waals surface area contributed by atoms with Gasteiger partial charge in [0.1, 0.15) is 24.4 Å². The lowest BCUT2D eigenvalue weighted by atomic mass is 9.89. The molecule has 2 rings (SSSR count). The van der Waals surface area contributed by atoms with E-state index in [1.54, 1.807) is 6.08 Å². The van der Waals surface area contributed by atoms with Crippen LogP contribution in [-0.2, 0) is 33.3 Å². The molecule has 2 heterocycles. The quantitative estimate of drug-likeness (QED) is 0.0609. The van der Waals surface area contributed by atoms with Gasteiger partial charge in [-0.1, -0.05) is 104 Å². The Morgan fingerprint density at radius 1 is 1.16 bits per heavy atom. The van der Waals surface area contributed by atoms with E-state index in [0.29, 0.717) is 6.42 Å². The second-order valence-corrected chi connectivity index (χ2v) is 14.4. The van der Waals surface area contributed by atoms with Crippen molar-refractivity contribution >= 4 is 64.3 Å². The van der Waals surface area contributed by atoms with Crippen LogP contribution in [0.5, 0.6) is 0 Å². The molecule has 1 fully saturated rings. The second kappa shape index (κ2) is 18.3. The summed E-state index contributed by atoms with van der Waals surface area (Å²) in [5, 5.41) is 21.5. The van der Waals surface area contributed by atoms with Crippen LogP contribution in [0, 0.1) is 17.8 Å². The van der Waals surface area contributed by atoms with Crippen LogP contribution in [0.25, 0.3) is 0 Å². The van der Waals surface area contributed by atoms with Gasteiger partial charge in [-0.2, -0.15) is 0 Å². The van der Waals surface area contributed by atoms with Gasteiger partial charge in [0.25, 0.3) is 0 Å². The zero-order valence-electron chi connectivity index (χ0n) is 26.5. The number of alkyl halides is 4. The number of aliphatic hydroxyl groups excluding tert-OH is 1. The molecule has 0 amide bonds. The van der Waals surface area contributed by atoms with Crippen LogP contribution in [0.4, 0.5) is 0 Å². The number of aliphatic hydroxyl groups is 2. The molecule has 0 saturated carbocycles. The minimum absolute atomic E-state index is 0.0173. The Balaban J connectivity index is 2.09. The highest BCUT2D eigenvalue weighted by molar-refractivity contribution is 6.53. The van der Waals surface area contributed by atoms with E-state index >= 15 is 0 Å². The first-order valence-corrected chi connectivity index (χ1v) is 17.0. The first-order chi connectivity index (χ1) is 21.0. The molecule has 0 radical (unpaired) electrons. The number of carbonyl (C=O) groups is 3. The summed E-state index contributed by atoms with van der Waals surface area (Å²) < 4.78 is 22.5. The van der Waals surface area contributed by atoms with Gasteiger partial charge in [0.15, 0.2) is 0 Å². The summed E-state index contributed by atoms with van der Waals surface area (Å²) in [7, 11) is 0. The molecule has 256 valence electrons. The number of ether oxygens (including phenoxy) is 4. The van der Waals surface area contributed by atoms with Crippen molar-refractivity contribution in [2.24, 2.45) is 17.8 Å². The highest BCUT2D eigenvalue weighted by atomic mass is 35.5. The third-order valence-corrected chi connectivity index (χ3v) is 8.94. The van der Waals surface area contributed by atoms with Crippen LogP contribution in [0.15, 0.2) is 36.0 Å². The van der Waals surface area contributed by atoms with Crippen molar-refractivity contribution in [2.75, 3.05) is 0 Å². The number of esters is 3. The van der Waals surface area contributed by atoms with Gasteiger partial charge in [0.2, 0.25) is 9.67 Å². The SMILES string of the molecule is CC[C@H](OC(=O)C(Cl)Cl)[C@@H](C)[C@H]1O[C@H]1C[C@H](C)/C=C/C=C(\C)[C@H]1OC(=O)C[C@H](OC(=O)C(Cl)Cl)CC[C@@](C)(O)[C@@H](O)/C=C/[C@@H]1C. The van der Waals surface area contributed by atoms with Gasteiger partial charge >= 0.3 is 17.9 Å². The predicted molar refractivity (Wildman–Crippen MR) is 174 cm³/mol. The van der Waals surface area contributed by atoms with Crippen molar-refractivity contribution < 1.29 is 43.5 Å². The molecule has 0 aromatic carbocycles. The Hall–Kier alpha value is -1.33. The van der Waals surface area contributed by atoms with E-state index in [2.05, 4.69) is 6.92 Å². The number of carbonyl (C=O) groups excluding carboxylic acids is 3. The van der Waals surface area contributed by atoms with E-state index in [1.807, 2.05) is 45.9 Å². The molecule has 2 aliphatic rings. The van der Waals surface area contributed by atoms with Crippen molar-refractivity contribution in [2.45, 2.75) is 126 Å². The van der Waals surface area contributed by atoms with Gasteiger partial charge < -0.3 is 29.2 Å². The molecular formula is C32H46Cl4O9. The molecule has 0 aromatic rings. The molecule has 0 unspecified atom stereocenters. The summed E-state index contributed by atoms with van der Waals surface area (Å²) in [6.45, 7) is 11.1. The largest absolute Gasteiger partial charge is 0.460 e. The van der Waals surface area contributed by atoms with Crippen molar-refractivity contribution in [3.05, 3.63) is 36.0 Å². The first-order valence-electron chi connectivity index (χ1n) is 15.2. The summed E-state index contributed by atoms with van der Waals surface area (Å²) in [5.41, 5.74) is -0.789. The summed E-state index contributed by atoms with van der Waals surface area (Å²) in [6, 6.07) is 0. The predicted octanol–water partition coefficient (Wildman–Crippen LogP) is 6.16. The third kappa shape index (κ3) is 13.0. The van der Waals surface area contributed by atoms with E-state index in [1.165, 1.54) is 13.0 Å².